The number of carbonyl (C=O) groups is 3. The molecule has 2 atom stereocenters. The molecule has 5 rings (SSSR count). The molecule has 0 aliphatic heterocycles. The van der Waals surface area contributed by atoms with Gasteiger partial charge in [0, 0.05) is 12.3 Å². The van der Waals surface area contributed by atoms with Gasteiger partial charge >= 0.3 is 12.1 Å². The smallest absolute Gasteiger partial charge is 0.407 e. The summed E-state index contributed by atoms with van der Waals surface area (Å²) >= 11 is 0. The number of fused-ring (bicyclic) bond motifs is 3. The van der Waals surface area contributed by atoms with E-state index >= 15 is 0 Å². The number of aliphatic hydroxyl groups excluding tert-OH is 1. The van der Waals surface area contributed by atoms with Gasteiger partial charge in [-0.15, -0.1) is 0 Å². The summed E-state index contributed by atoms with van der Waals surface area (Å²) in [6.07, 6.45) is -0.617. The van der Waals surface area contributed by atoms with Crippen LogP contribution in [-0.2, 0) is 32.1 Å². The van der Waals surface area contributed by atoms with Crippen LogP contribution < -0.4 is 10.6 Å². The number of hydrogen-bond acceptors (Lipinski definition) is 6. The predicted molar refractivity (Wildman–Crippen MR) is 157 cm³/mol. The number of rotatable bonds is 11. The van der Waals surface area contributed by atoms with E-state index in [4.69, 9.17) is 9.47 Å². The van der Waals surface area contributed by atoms with Gasteiger partial charge in [-0.2, -0.15) is 0 Å². The largest absolute Gasteiger partial charge is 0.459 e. The van der Waals surface area contributed by atoms with Crippen LogP contribution in [0.4, 0.5) is 4.79 Å². The molecule has 3 N–H and O–H groups in total. The van der Waals surface area contributed by atoms with E-state index in [1.165, 1.54) is 0 Å². The third-order valence-electron chi connectivity index (χ3n) is 7.24. The summed E-state index contributed by atoms with van der Waals surface area (Å²) in [7, 11) is 0. The molecule has 0 saturated carbocycles. The minimum atomic E-state index is -1.30. The first-order chi connectivity index (χ1) is 20.5. The van der Waals surface area contributed by atoms with Crippen LogP contribution in [0.1, 0.15) is 28.2 Å². The standard InChI is InChI=1S/C34H32N2O6/c37-20-31(33(39)41-21-24-13-5-2-6-14-24)35-32(38)30(19-23-11-3-1-4-12-23)36-34(40)42-22-29-27-17-9-7-15-25(27)26-16-8-10-18-28(26)29/h1-18,29-31,37H,19-22H2,(H,35,38)(H,36,40)/t30-,31+/m1/s1. The van der Waals surface area contributed by atoms with Crippen molar-refractivity contribution in [2.45, 2.75) is 31.0 Å². The zero-order chi connectivity index (χ0) is 29.3. The molecule has 214 valence electrons. The van der Waals surface area contributed by atoms with Crippen molar-refractivity contribution in [3.8, 4) is 11.1 Å². The zero-order valence-corrected chi connectivity index (χ0v) is 22.9. The van der Waals surface area contributed by atoms with Crippen LogP contribution in [-0.4, -0.2) is 48.4 Å². The molecule has 8 heteroatoms. The fraction of sp³-hybridized carbons (Fsp3) is 0.206. The maximum absolute atomic E-state index is 13.3. The average Bonchev–Trinajstić information content (AvgIpc) is 3.35. The van der Waals surface area contributed by atoms with Gasteiger partial charge < -0.3 is 25.2 Å². The molecule has 0 saturated heterocycles. The van der Waals surface area contributed by atoms with Gasteiger partial charge in [-0.1, -0.05) is 109 Å². The quantitative estimate of drug-likeness (QED) is 0.233. The number of esters is 1. The molecular weight excluding hydrogens is 532 g/mol. The van der Waals surface area contributed by atoms with Crippen LogP contribution in [0.25, 0.3) is 11.1 Å². The summed E-state index contributed by atoms with van der Waals surface area (Å²) in [5, 5.41) is 15.0. The van der Waals surface area contributed by atoms with Crippen LogP contribution in [0.3, 0.4) is 0 Å². The summed E-state index contributed by atoms with van der Waals surface area (Å²) in [5.74, 6) is -1.57. The summed E-state index contributed by atoms with van der Waals surface area (Å²) in [6.45, 7) is -0.579. The molecule has 0 bridgehead atoms. The molecule has 0 radical (unpaired) electrons. The topological polar surface area (TPSA) is 114 Å². The van der Waals surface area contributed by atoms with Gasteiger partial charge in [-0.25, -0.2) is 9.59 Å². The third-order valence-corrected chi connectivity index (χ3v) is 7.24. The monoisotopic (exact) mass is 564 g/mol. The van der Waals surface area contributed by atoms with Crippen molar-refractivity contribution in [3.63, 3.8) is 0 Å². The lowest BCUT2D eigenvalue weighted by atomic mass is 9.98. The van der Waals surface area contributed by atoms with Crippen LogP contribution in [0.15, 0.2) is 109 Å². The molecule has 0 heterocycles. The maximum atomic E-state index is 13.3. The molecule has 0 fully saturated rings. The lowest BCUT2D eigenvalue weighted by Crippen LogP contribution is -2.54. The minimum absolute atomic E-state index is 0.00249. The van der Waals surface area contributed by atoms with Crippen molar-refractivity contribution in [1.29, 1.82) is 0 Å². The molecule has 1 aliphatic rings. The van der Waals surface area contributed by atoms with Gasteiger partial charge in [-0.05, 0) is 33.4 Å². The first-order valence-electron chi connectivity index (χ1n) is 13.8. The Kier molecular flexibility index (Phi) is 9.26. The van der Waals surface area contributed by atoms with E-state index in [1.54, 1.807) is 12.1 Å². The summed E-state index contributed by atoms with van der Waals surface area (Å²) < 4.78 is 10.9. The number of amides is 2. The Morgan fingerprint density at radius 2 is 1.21 bits per heavy atom. The van der Waals surface area contributed by atoms with Crippen molar-refractivity contribution >= 4 is 18.0 Å². The second kappa shape index (κ2) is 13.6. The first kappa shape index (κ1) is 28.6. The van der Waals surface area contributed by atoms with Crippen molar-refractivity contribution in [2.75, 3.05) is 13.2 Å². The number of aliphatic hydroxyl groups is 1. The van der Waals surface area contributed by atoms with Crippen LogP contribution in [0, 0.1) is 0 Å². The van der Waals surface area contributed by atoms with Crippen molar-refractivity contribution in [1.82, 2.24) is 10.6 Å². The normalized spacial score (nSPS) is 13.3. The van der Waals surface area contributed by atoms with E-state index in [2.05, 4.69) is 22.8 Å². The lowest BCUT2D eigenvalue weighted by Gasteiger charge is -2.22. The van der Waals surface area contributed by atoms with Gasteiger partial charge in [0.05, 0.1) is 6.61 Å². The predicted octanol–water partition coefficient (Wildman–Crippen LogP) is 4.36. The molecule has 0 unspecified atom stereocenters. The second-order valence-corrected chi connectivity index (χ2v) is 10.0. The highest BCUT2D eigenvalue weighted by Crippen LogP contribution is 2.44. The average molecular weight is 565 g/mol. The SMILES string of the molecule is O=C(N[C@H](Cc1ccccc1)C(=O)N[C@@H](CO)C(=O)OCc1ccccc1)OCC1c2ccccc2-c2ccccc21. The summed E-state index contributed by atoms with van der Waals surface area (Å²) in [4.78, 5) is 39.0. The van der Waals surface area contributed by atoms with E-state index in [0.29, 0.717) is 0 Å². The lowest BCUT2D eigenvalue weighted by molar-refractivity contribution is -0.150. The Balaban J connectivity index is 1.24. The highest BCUT2D eigenvalue weighted by molar-refractivity contribution is 5.90. The molecule has 42 heavy (non-hydrogen) atoms. The van der Waals surface area contributed by atoms with Crippen LogP contribution in [0.5, 0.6) is 0 Å². The number of hydrogen-bond donors (Lipinski definition) is 3. The maximum Gasteiger partial charge on any atom is 0.407 e. The van der Waals surface area contributed by atoms with E-state index in [-0.39, 0.29) is 25.6 Å². The van der Waals surface area contributed by atoms with E-state index in [1.807, 2.05) is 84.9 Å². The highest BCUT2D eigenvalue weighted by atomic mass is 16.5. The molecule has 1 aliphatic carbocycles. The molecule has 0 spiro atoms. The summed E-state index contributed by atoms with van der Waals surface area (Å²) in [6, 6.07) is 31.9. The number of nitrogens with one attached hydrogen (secondary N) is 2. The Morgan fingerprint density at radius 1 is 0.667 bits per heavy atom. The Hall–Kier alpha value is -4.95. The number of benzene rings is 4. The number of ether oxygens (including phenoxy) is 2. The molecule has 8 nitrogen and oxygen atoms in total. The number of carbonyl (C=O) groups excluding carboxylic acids is 3. The van der Waals surface area contributed by atoms with Gasteiger partial charge in [0.15, 0.2) is 6.04 Å². The van der Waals surface area contributed by atoms with Crippen LogP contribution >= 0.6 is 0 Å². The fourth-order valence-corrected chi connectivity index (χ4v) is 5.12. The molecule has 2 amide bonds. The number of alkyl carbamates (subject to hydrolysis) is 1. The van der Waals surface area contributed by atoms with Gasteiger partial charge in [0.2, 0.25) is 5.91 Å². The summed E-state index contributed by atoms with van der Waals surface area (Å²) in [5.41, 5.74) is 5.93. The molecule has 4 aromatic carbocycles. The zero-order valence-electron chi connectivity index (χ0n) is 22.9. The van der Waals surface area contributed by atoms with E-state index < -0.39 is 36.7 Å². The third kappa shape index (κ3) is 6.85. The van der Waals surface area contributed by atoms with E-state index in [0.717, 1.165) is 33.4 Å². The van der Waals surface area contributed by atoms with E-state index in [9.17, 15) is 19.5 Å². The minimum Gasteiger partial charge on any atom is -0.459 e. The Labute approximate surface area is 244 Å². The Morgan fingerprint density at radius 3 is 1.81 bits per heavy atom. The fourth-order valence-electron chi connectivity index (χ4n) is 5.12. The van der Waals surface area contributed by atoms with Crippen molar-refractivity contribution in [2.24, 2.45) is 0 Å². The van der Waals surface area contributed by atoms with Gasteiger partial charge in [0.25, 0.3) is 0 Å². The van der Waals surface area contributed by atoms with Crippen LogP contribution in [0.2, 0.25) is 0 Å². The second-order valence-electron chi connectivity index (χ2n) is 10.0. The Bertz CT molecular complexity index is 1480. The van der Waals surface area contributed by atoms with Gasteiger partial charge in [-0.3, -0.25) is 4.79 Å². The van der Waals surface area contributed by atoms with Crippen molar-refractivity contribution in [3.05, 3.63) is 131 Å². The molecule has 0 aromatic heterocycles. The first-order valence-corrected chi connectivity index (χ1v) is 13.8. The highest BCUT2D eigenvalue weighted by Gasteiger charge is 2.31. The van der Waals surface area contributed by atoms with Gasteiger partial charge in [0.1, 0.15) is 19.3 Å². The molecule has 4 aromatic rings. The molecular formula is C34H32N2O6. The van der Waals surface area contributed by atoms with Crippen molar-refractivity contribution < 1.29 is 29.0 Å².